The van der Waals surface area contributed by atoms with Gasteiger partial charge in [-0.05, 0) is 44.8 Å². The second-order valence-corrected chi connectivity index (χ2v) is 8.41. The molecule has 2 heterocycles. The quantitative estimate of drug-likeness (QED) is 0.585. The van der Waals surface area contributed by atoms with Gasteiger partial charge in [0, 0.05) is 45.0 Å². The molecule has 0 radical (unpaired) electrons. The highest BCUT2D eigenvalue weighted by atomic mass is 16.5. The van der Waals surface area contributed by atoms with Gasteiger partial charge >= 0.3 is 0 Å². The number of hydrogen-bond acceptors (Lipinski definition) is 7. The summed E-state index contributed by atoms with van der Waals surface area (Å²) < 4.78 is 22.5. The molecule has 7 nitrogen and oxygen atoms in total. The summed E-state index contributed by atoms with van der Waals surface area (Å²) in [4.78, 5) is 4.55. The third-order valence-corrected chi connectivity index (χ3v) is 5.97. The van der Waals surface area contributed by atoms with Crippen molar-refractivity contribution in [1.29, 1.82) is 0 Å². The molecule has 0 bridgehead atoms. The van der Waals surface area contributed by atoms with E-state index in [4.69, 9.17) is 18.9 Å². The molecule has 170 valence electrons. The monoisotopic (exact) mass is 422 g/mol. The number of methoxy groups -OCH3 is 1. The van der Waals surface area contributed by atoms with E-state index >= 15 is 0 Å². The Bertz CT molecular complexity index is 618. The molecule has 1 aromatic carbocycles. The van der Waals surface area contributed by atoms with Gasteiger partial charge in [0.05, 0.1) is 20.3 Å². The summed E-state index contributed by atoms with van der Waals surface area (Å²) in [5, 5.41) is 10.5. The van der Waals surface area contributed by atoms with Crippen LogP contribution in [0.5, 0.6) is 11.5 Å². The number of para-hydroxylation sites is 1. The first-order valence-electron chi connectivity index (χ1n) is 11.2. The van der Waals surface area contributed by atoms with Gasteiger partial charge in [-0.1, -0.05) is 12.1 Å². The van der Waals surface area contributed by atoms with Crippen molar-refractivity contribution < 1.29 is 24.1 Å². The van der Waals surface area contributed by atoms with E-state index in [1.165, 1.54) is 19.3 Å². The van der Waals surface area contributed by atoms with Crippen LogP contribution in [0.4, 0.5) is 0 Å². The topological polar surface area (TPSA) is 63.6 Å². The molecule has 7 heteroatoms. The van der Waals surface area contributed by atoms with Crippen molar-refractivity contribution in [1.82, 2.24) is 9.80 Å². The molecule has 0 spiro atoms. The third kappa shape index (κ3) is 7.39. The van der Waals surface area contributed by atoms with Crippen LogP contribution >= 0.6 is 0 Å². The Balaban J connectivity index is 1.52. The average molecular weight is 423 g/mol. The molecule has 2 saturated heterocycles. The minimum Gasteiger partial charge on any atom is -0.493 e. The average Bonchev–Trinajstić information content (AvgIpc) is 2.78. The van der Waals surface area contributed by atoms with Crippen LogP contribution in [0.25, 0.3) is 0 Å². The molecule has 30 heavy (non-hydrogen) atoms. The van der Waals surface area contributed by atoms with Crippen molar-refractivity contribution in [3.8, 4) is 11.5 Å². The maximum Gasteiger partial charge on any atom is 0.165 e. The minimum atomic E-state index is -0.549. The molecule has 3 rings (SSSR count). The zero-order chi connectivity index (χ0) is 21.2. The first kappa shape index (κ1) is 23.3. The van der Waals surface area contributed by atoms with Gasteiger partial charge in [0.15, 0.2) is 11.5 Å². The van der Waals surface area contributed by atoms with Crippen molar-refractivity contribution in [3.05, 3.63) is 23.8 Å². The summed E-state index contributed by atoms with van der Waals surface area (Å²) in [6.07, 6.45) is 2.98. The van der Waals surface area contributed by atoms with E-state index in [-0.39, 0.29) is 6.61 Å². The van der Waals surface area contributed by atoms with E-state index in [1.807, 2.05) is 12.1 Å². The molecule has 1 atom stereocenters. The summed E-state index contributed by atoms with van der Waals surface area (Å²) in [5.41, 5.74) is 1.09. The van der Waals surface area contributed by atoms with E-state index in [2.05, 4.69) is 22.9 Å². The standard InChI is InChI=1S/C23H38N2O5/c1-24(9-6-19-7-12-28-13-8-19)16-20-4-3-5-22(27-2)23(20)30-18-21(26)17-25-10-14-29-15-11-25/h3-5,19,21,26H,6-18H2,1-2H3/t21-/m0/s1. The minimum absolute atomic E-state index is 0.247. The summed E-state index contributed by atoms with van der Waals surface area (Å²) >= 11 is 0. The first-order chi connectivity index (χ1) is 14.7. The largest absolute Gasteiger partial charge is 0.493 e. The maximum absolute atomic E-state index is 10.5. The Morgan fingerprint density at radius 1 is 1.17 bits per heavy atom. The molecular weight excluding hydrogens is 384 g/mol. The lowest BCUT2D eigenvalue weighted by molar-refractivity contribution is 0.00431. The van der Waals surface area contributed by atoms with Gasteiger partial charge in [-0.3, -0.25) is 4.90 Å². The fraction of sp³-hybridized carbons (Fsp3) is 0.739. The van der Waals surface area contributed by atoms with Crippen molar-refractivity contribution in [3.63, 3.8) is 0 Å². The molecule has 0 aliphatic carbocycles. The Kier molecular flexibility index (Phi) is 9.68. The Morgan fingerprint density at radius 2 is 1.90 bits per heavy atom. The maximum atomic E-state index is 10.5. The summed E-state index contributed by atoms with van der Waals surface area (Å²) in [6.45, 7) is 7.63. The van der Waals surface area contributed by atoms with E-state index in [9.17, 15) is 5.11 Å². The summed E-state index contributed by atoms with van der Waals surface area (Å²) in [5.74, 6) is 2.21. The van der Waals surface area contributed by atoms with E-state index in [0.717, 1.165) is 69.8 Å². The van der Waals surface area contributed by atoms with Gasteiger partial charge in [0.1, 0.15) is 12.7 Å². The van der Waals surface area contributed by atoms with Crippen LogP contribution in [0, 0.1) is 5.92 Å². The van der Waals surface area contributed by atoms with Crippen LogP contribution in [0.15, 0.2) is 18.2 Å². The van der Waals surface area contributed by atoms with Crippen LogP contribution < -0.4 is 9.47 Å². The van der Waals surface area contributed by atoms with Crippen LogP contribution in [0.1, 0.15) is 24.8 Å². The summed E-state index contributed by atoms with van der Waals surface area (Å²) in [6, 6.07) is 5.99. The van der Waals surface area contributed by atoms with E-state index < -0.39 is 6.10 Å². The fourth-order valence-electron chi connectivity index (χ4n) is 4.13. The number of ether oxygens (including phenoxy) is 4. The number of rotatable bonds is 11. The lowest BCUT2D eigenvalue weighted by atomic mass is 9.96. The highest BCUT2D eigenvalue weighted by molar-refractivity contribution is 5.46. The van der Waals surface area contributed by atoms with Crippen LogP contribution in [-0.4, -0.2) is 94.4 Å². The van der Waals surface area contributed by atoms with Gasteiger partial charge in [-0.25, -0.2) is 0 Å². The van der Waals surface area contributed by atoms with Crippen molar-refractivity contribution in [2.75, 3.05) is 73.4 Å². The van der Waals surface area contributed by atoms with Gasteiger partial charge in [-0.15, -0.1) is 0 Å². The smallest absolute Gasteiger partial charge is 0.165 e. The van der Waals surface area contributed by atoms with Gasteiger partial charge in [-0.2, -0.15) is 0 Å². The third-order valence-electron chi connectivity index (χ3n) is 5.97. The van der Waals surface area contributed by atoms with Gasteiger partial charge < -0.3 is 29.0 Å². The predicted molar refractivity (Wildman–Crippen MR) is 116 cm³/mol. The molecule has 0 aromatic heterocycles. The zero-order valence-electron chi connectivity index (χ0n) is 18.6. The second kappa shape index (κ2) is 12.5. The lowest BCUT2D eigenvalue weighted by Gasteiger charge is -2.29. The highest BCUT2D eigenvalue weighted by Crippen LogP contribution is 2.32. The Hall–Kier alpha value is -1.38. The van der Waals surface area contributed by atoms with Crippen LogP contribution in [0.2, 0.25) is 0 Å². The number of β-amino-alcohol motifs (C(OH)–C–C–N with tert-alkyl or cyclic N) is 1. The fourth-order valence-corrected chi connectivity index (χ4v) is 4.13. The number of aliphatic hydroxyl groups is 1. The molecule has 0 unspecified atom stereocenters. The van der Waals surface area contributed by atoms with Gasteiger partial charge in [0.2, 0.25) is 0 Å². The predicted octanol–water partition coefficient (Wildman–Crippen LogP) is 2.02. The Labute approximate surface area is 180 Å². The number of hydrogen-bond donors (Lipinski definition) is 1. The molecule has 1 N–H and O–H groups in total. The SMILES string of the molecule is COc1cccc(CN(C)CCC2CCOCC2)c1OC[C@@H](O)CN1CCOCC1. The number of morpholine rings is 1. The number of benzene rings is 1. The van der Waals surface area contributed by atoms with Crippen LogP contribution in [-0.2, 0) is 16.0 Å². The number of nitrogens with zero attached hydrogens (tertiary/aromatic N) is 2. The Morgan fingerprint density at radius 3 is 2.63 bits per heavy atom. The van der Waals surface area contributed by atoms with Crippen molar-refractivity contribution in [2.24, 2.45) is 5.92 Å². The molecular formula is C23H38N2O5. The molecule has 0 amide bonds. The molecule has 2 aliphatic rings. The molecule has 0 saturated carbocycles. The summed E-state index contributed by atoms with van der Waals surface area (Å²) in [7, 11) is 3.81. The normalized spacial score (nSPS) is 19.7. The van der Waals surface area contributed by atoms with E-state index in [0.29, 0.717) is 12.3 Å². The van der Waals surface area contributed by atoms with E-state index in [1.54, 1.807) is 7.11 Å². The van der Waals surface area contributed by atoms with Crippen molar-refractivity contribution in [2.45, 2.75) is 31.9 Å². The van der Waals surface area contributed by atoms with Crippen LogP contribution in [0.3, 0.4) is 0 Å². The number of aliphatic hydroxyl groups excluding tert-OH is 1. The molecule has 1 aromatic rings. The molecule has 2 aliphatic heterocycles. The zero-order valence-corrected chi connectivity index (χ0v) is 18.6. The second-order valence-electron chi connectivity index (χ2n) is 8.41. The van der Waals surface area contributed by atoms with Crippen molar-refractivity contribution >= 4 is 0 Å². The van der Waals surface area contributed by atoms with Gasteiger partial charge in [0.25, 0.3) is 0 Å². The lowest BCUT2D eigenvalue weighted by Crippen LogP contribution is -2.42. The first-order valence-corrected chi connectivity index (χ1v) is 11.2. The molecule has 2 fully saturated rings. The highest BCUT2D eigenvalue weighted by Gasteiger charge is 2.19.